The lowest BCUT2D eigenvalue weighted by atomic mass is 9.98. The van der Waals surface area contributed by atoms with Crippen molar-refractivity contribution in [3.8, 4) is 0 Å². The van der Waals surface area contributed by atoms with Crippen molar-refractivity contribution in [3.05, 3.63) is 90.3 Å². The van der Waals surface area contributed by atoms with Gasteiger partial charge in [-0.3, -0.25) is 4.90 Å². The molecular formula is C27H24N2O. The SMILES string of the molecule is C1=C(c2c[nH]c3ccccc23)CCN(CCc2coc3c2ccc2ccccc23)C1. The number of furan rings is 1. The third-order valence-electron chi connectivity index (χ3n) is 6.47. The van der Waals surface area contributed by atoms with Gasteiger partial charge < -0.3 is 9.40 Å². The summed E-state index contributed by atoms with van der Waals surface area (Å²) in [5.74, 6) is 0. The fraction of sp³-hybridized carbons (Fsp3) is 0.185. The maximum Gasteiger partial charge on any atom is 0.141 e. The van der Waals surface area contributed by atoms with E-state index in [9.17, 15) is 0 Å². The van der Waals surface area contributed by atoms with Crippen LogP contribution >= 0.6 is 0 Å². The first-order valence-corrected chi connectivity index (χ1v) is 10.7. The summed E-state index contributed by atoms with van der Waals surface area (Å²) in [6.45, 7) is 3.16. The summed E-state index contributed by atoms with van der Waals surface area (Å²) in [5, 5.41) is 5.01. The van der Waals surface area contributed by atoms with Crippen molar-refractivity contribution in [2.75, 3.05) is 19.6 Å². The number of hydrogen-bond donors (Lipinski definition) is 1. The number of nitrogens with one attached hydrogen (secondary N) is 1. The molecular weight excluding hydrogens is 368 g/mol. The molecule has 0 unspecified atom stereocenters. The first-order chi connectivity index (χ1) is 14.9. The van der Waals surface area contributed by atoms with Crippen molar-refractivity contribution < 1.29 is 4.42 Å². The quantitative estimate of drug-likeness (QED) is 0.384. The molecule has 0 atom stereocenters. The number of benzene rings is 3. The van der Waals surface area contributed by atoms with Crippen LogP contribution in [0.3, 0.4) is 0 Å². The lowest BCUT2D eigenvalue weighted by Crippen LogP contribution is -2.30. The van der Waals surface area contributed by atoms with Crippen molar-refractivity contribution in [2.45, 2.75) is 12.8 Å². The van der Waals surface area contributed by atoms with E-state index in [0.29, 0.717) is 0 Å². The van der Waals surface area contributed by atoms with Crippen molar-refractivity contribution in [1.82, 2.24) is 9.88 Å². The normalized spacial score (nSPS) is 15.3. The molecule has 3 heteroatoms. The minimum atomic E-state index is 1.01. The summed E-state index contributed by atoms with van der Waals surface area (Å²) in [5.41, 5.74) is 6.36. The smallest absolute Gasteiger partial charge is 0.141 e. The number of H-pyrrole nitrogens is 1. The van der Waals surface area contributed by atoms with Gasteiger partial charge in [-0.25, -0.2) is 0 Å². The maximum atomic E-state index is 5.98. The lowest BCUT2D eigenvalue weighted by molar-refractivity contribution is 0.306. The van der Waals surface area contributed by atoms with Crippen LogP contribution in [0.25, 0.3) is 38.2 Å². The van der Waals surface area contributed by atoms with E-state index in [2.05, 4.69) is 82.8 Å². The van der Waals surface area contributed by atoms with Crippen LogP contribution in [0.2, 0.25) is 0 Å². The van der Waals surface area contributed by atoms with E-state index in [1.807, 2.05) is 6.26 Å². The third kappa shape index (κ3) is 2.94. The molecule has 3 nitrogen and oxygen atoms in total. The van der Waals surface area contributed by atoms with Crippen molar-refractivity contribution in [1.29, 1.82) is 0 Å². The Bertz CT molecular complexity index is 1390. The highest BCUT2D eigenvalue weighted by Crippen LogP contribution is 2.31. The molecule has 148 valence electrons. The lowest BCUT2D eigenvalue weighted by Gasteiger charge is -2.26. The molecule has 6 rings (SSSR count). The second kappa shape index (κ2) is 7.19. The molecule has 0 radical (unpaired) electrons. The van der Waals surface area contributed by atoms with Gasteiger partial charge in [0.05, 0.1) is 6.26 Å². The molecule has 30 heavy (non-hydrogen) atoms. The predicted molar refractivity (Wildman–Crippen MR) is 125 cm³/mol. The second-order valence-electron chi connectivity index (χ2n) is 8.20. The largest absolute Gasteiger partial charge is 0.463 e. The maximum absolute atomic E-state index is 5.98. The van der Waals surface area contributed by atoms with E-state index in [1.54, 1.807) is 0 Å². The predicted octanol–water partition coefficient (Wildman–Crippen LogP) is 6.40. The number of hydrogen-bond acceptors (Lipinski definition) is 2. The monoisotopic (exact) mass is 392 g/mol. The van der Waals surface area contributed by atoms with Crippen LogP contribution in [-0.4, -0.2) is 29.5 Å². The molecule has 0 saturated heterocycles. The minimum absolute atomic E-state index is 1.01. The zero-order chi connectivity index (χ0) is 19.9. The zero-order valence-electron chi connectivity index (χ0n) is 16.9. The van der Waals surface area contributed by atoms with Crippen LogP contribution < -0.4 is 0 Å². The van der Waals surface area contributed by atoms with Crippen LogP contribution in [0.4, 0.5) is 0 Å². The molecule has 1 aliphatic rings. The summed E-state index contributed by atoms with van der Waals surface area (Å²) in [4.78, 5) is 5.95. The molecule has 0 spiro atoms. The van der Waals surface area contributed by atoms with Crippen LogP contribution in [0.5, 0.6) is 0 Å². The van der Waals surface area contributed by atoms with E-state index in [4.69, 9.17) is 4.42 Å². The van der Waals surface area contributed by atoms with Crippen LogP contribution in [0, 0.1) is 0 Å². The van der Waals surface area contributed by atoms with Gasteiger partial charge in [-0.2, -0.15) is 0 Å². The van der Waals surface area contributed by atoms with E-state index < -0.39 is 0 Å². The Morgan fingerprint density at radius 1 is 0.900 bits per heavy atom. The van der Waals surface area contributed by atoms with Gasteiger partial charge in [0.2, 0.25) is 0 Å². The molecule has 1 aliphatic heterocycles. The van der Waals surface area contributed by atoms with Gasteiger partial charge in [0.1, 0.15) is 5.58 Å². The highest BCUT2D eigenvalue weighted by Gasteiger charge is 2.16. The number of para-hydroxylation sites is 1. The number of aromatic nitrogens is 1. The molecule has 2 aromatic heterocycles. The molecule has 5 aromatic rings. The Labute approximate surface area is 175 Å². The Morgan fingerprint density at radius 2 is 1.77 bits per heavy atom. The first kappa shape index (κ1) is 17.5. The topological polar surface area (TPSA) is 32.2 Å². The van der Waals surface area contributed by atoms with Gasteiger partial charge in [0, 0.05) is 53.1 Å². The van der Waals surface area contributed by atoms with Crippen molar-refractivity contribution >= 4 is 38.2 Å². The third-order valence-corrected chi connectivity index (χ3v) is 6.47. The van der Waals surface area contributed by atoms with Crippen LogP contribution in [-0.2, 0) is 6.42 Å². The number of rotatable bonds is 4. The number of nitrogens with zero attached hydrogens (tertiary/aromatic N) is 1. The molecule has 0 amide bonds. The summed E-state index contributed by atoms with van der Waals surface area (Å²) in [6, 6.07) is 21.4. The fourth-order valence-electron chi connectivity index (χ4n) is 4.78. The molecule has 0 bridgehead atoms. The Kier molecular flexibility index (Phi) is 4.21. The van der Waals surface area contributed by atoms with Crippen molar-refractivity contribution in [3.63, 3.8) is 0 Å². The summed E-state index contributed by atoms with van der Waals surface area (Å²) in [7, 11) is 0. The zero-order valence-corrected chi connectivity index (χ0v) is 16.9. The highest BCUT2D eigenvalue weighted by atomic mass is 16.3. The fourth-order valence-corrected chi connectivity index (χ4v) is 4.78. The van der Waals surface area contributed by atoms with Crippen molar-refractivity contribution in [2.24, 2.45) is 0 Å². The van der Waals surface area contributed by atoms with Crippen LogP contribution in [0.15, 0.2) is 83.6 Å². The molecule has 0 saturated carbocycles. The van der Waals surface area contributed by atoms with E-state index in [1.165, 1.54) is 43.8 Å². The van der Waals surface area contributed by atoms with Crippen LogP contribution in [0.1, 0.15) is 17.5 Å². The van der Waals surface area contributed by atoms with Gasteiger partial charge in [0.25, 0.3) is 0 Å². The van der Waals surface area contributed by atoms with E-state index in [-0.39, 0.29) is 0 Å². The summed E-state index contributed by atoms with van der Waals surface area (Å²) < 4.78 is 5.98. The Balaban J connectivity index is 1.18. The standard InChI is InChI=1S/C27H24N2O/c1-2-6-22-19(5-1)9-10-23-21(18-30-27(22)23)13-16-29-14-11-20(12-15-29)25-17-28-26-8-4-3-7-24(25)26/h1-11,17-18,28H,12-16H2. The first-order valence-electron chi connectivity index (χ1n) is 10.7. The second-order valence-corrected chi connectivity index (χ2v) is 8.20. The van der Waals surface area contributed by atoms with Gasteiger partial charge in [-0.05, 0) is 35.4 Å². The summed E-state index contributed by atoms with van der Waals surface area (Å²) >= 11 is 0. The van der Waals surface area contributed by atoms with Gasteiger partial charge in [-0.1, -0.05) is 60.7 Å². The minimum Gasteiger partial charge on any atom is -0.463 e. The average Bonchev–Trinajstić information content (AvgIpc) is 3.42. The van der Waals surface area contributed by atoms with E-state index in [0.717, 1.165) is 38.1 Å². The molecule has 0 fully saturated rings. The molecule has 3 aromatic carbocycles. The summed E-state index contributed by atoms with van der Waals surface area (Å²) in [6.07, 6.45) is 8.63. The Morgan fingerprint density at radius 3 is 2.67 bits per heavy atom. The number of aromatic amines is 1. The highest BCUT2D eigenvalue weighted by molar-refractivity contribution is 6.05. The van der Waals surface area contributed by atoms with Gasteiger partial charge >= 0.3 is 0 Å². The molecule has 1 N–H and O–H groups in total. The van der Waals surface area contributed by atoms with Gasteiger partial charge in [-0.15, -0.1) is 0 Å². The van der Waals surface area contributed by atoms with Gasteiger partial charge in [0.15, 0.2) is 0 Å². The Hall–Kier alpha value is -3.30. The van der Waals surface area contributed by atoms with E-state index >= 15 is 0 Å². The number of fused-ring (bicyclic) bond motifs is 4. The molecule has 3 heterocycles. The average molecular weight is 393 g/mol. The molecule has 0 aliphatic carbocycles.